The van der Waals surface area contributed by atoms with E-state index in [9.17, 15) is 0 Å². The molecular formula is C29H30N6O. The minimum atomic E-state index is 0.348. The summed E-state index contributed by atoms with van der Waals surface area (Å²) in [6, 6.07) is 24.7. The van der Waals surface area contributed by atoms with Crippen LogP contribution >= 0.6 is 0 Å². The number of ether oxygens (including phenoxy) is 1. The predicted octanol–water partition coefficient (Wildman–Crippen LogP) is 5.24. The van der Waals surface area contributed by atoms with Gasteiger partial charge < -0.3 is 10.1 Å². The van der Waals surface area contributed by atoms with E-state index in [1.54, 1.807) is 0 Å². The maximum absolute atomic E-state index is 6.27. The van der Waals surface area contributed by atoms with Crippen LogP contribution < -0.4 is 10.1 Å². The standard InChI is InChI=1S/C29H30N6O/c1-2-9-21(10-3-1)17-18-30-19-23-13-8-14-24(31-23)20-36-29-26-16-7-6-15-25(26)28-33-32-27(35(28)34-29)22-11-4-5-12-22/h1-3,6-10,13-16,22,30H,4-5,11-12,17-20H2. The van der Waals surface area contributed by atoms with Crippen LogP contribution in [0.1, 0.15) is 54.4 Å². The summed E-state index contributed by atoms with van der Waals surface area (Å²) in [5, 5.41) is 19.3. The summed E-state index contributed by atoms with van der Waals surface area (Å²) in [6.07, 6.45) is 5.75. The molecule has 0 aliphatic heterocycles. The first-order valence-corrected chi connectivity index (χ1v) is 12.8. The first kappa shape index (κ1) is 22.6. The lowest BCUT2D eigenvalue weighted by molar-refractivity contribution is 0.288. The van der Waals surface area contributed by atoms with Crippen LogP contribution in [0.25, 0.3) is 16.4 Å². The molecule has 0 saturated heterocycles. The van der Waals surface area contributed by atoms with E-state index < -0.39 is 0 Å². The monoisotopic (exact) mass is 478 g/mol. The molecule has 3 aromatic heterocycles. The lowest BCUT2D eigenvalue weighted by atomic mass is 10.1. The van der Waals surface area contributed by atoms with E-state index in [1.807, 2.05) is 47.0 Å². The fraction of sp³-hybridized carbons (Fsp3) is 0.310. The predicted molar refractivity (Wildman–Crippen MR) is 140 cm³/mol. The summed E-state index contributed by atoms with van der Waals surface area (Å²) in [5.74, 6) is 1.94. The summed E-state index contributed by atoms with van der Waals surface area (Å²) in [6.45, 7) is 1.98. The van der Waals surface area contributed by atoms with E-state index in [0.717, 1.165) is 66.0 Å². The number of nitrogens with zero attached hydrogens (tertiary/aromatic N) is 5. The smallest absolute Gasteiger partial charge is 0.240 e. The van der Waals surface area contributed by atoms with Crippen molar-refractivity contribution in [1.29, 1.82) is 0 Å². The summed E-state index contributed by atoms with van der Waals surface area (Å²) in [7, 11) is 0. The molecule has 0 atom stereocenters. The van der Waals surface area contributed by atoms with Crippen LogP contribution in [-0.2, 0) is 19.6 Å². The number of aromatic nitrogens is 5. The van der Waals surface area contributed by atoms with E-state index in [4.69, 9.17) is 14.8 Å². The second-order valence-electron chi connectivity index (χ2n) is 9.45. The average Bonchev–Trinajstić information content (AvgIpc) is 3.61. The van der Waals surface area contributed by atoms with Crippen molar-refractivity contribution in [2.45, 2.75) is 51.2 Å². The molecule has 36 heavy (non-hydrogen) atoms. The third-order valence-corrected chi connectivity index (χ3v) is 6.93. The number of hydrogen-bond donors (Lipinski definition) is 1. The Morgan fingerprint density at radius 2 is 1.61 bits per heavy atom. The van der Waals surface area contributed by atoms with Crippen molar-refractivity contribution >= 4 is 16.4 Å². The van der Waals surface area contributed by atoms with Crippen LogP contribution in [0.3, 0.4) is 0 Å². The summed E-state index contributed by atoms with van der Waals surface area (Å²) < 4.78 is 8.17. The van der Waals surface area contributed by atoms with Crippen molar-refractivity contribution in [3.05, 3.63) is 95.6 Å². The Hall–Kier alpha value is -3.84. The molecule has 1 saturated carbocycles. The van der Waals surface area contributed by atoms with Gasteiger partial charge in [0.15, 0.2) is 11.5 Å². The molecule has 7 nitrogen and oxygen atoms in total. The molecule has 0 radical (unpaired) electrons. The maximum Gasteiger partial charge on any atom is 0.240 e. The fourth-order valence-corrected chi connectivity index (χ4v) is 5.06. The molecule has 7 heteroatoms. The molecular weight excluding hydrogens is 448 g/mol. The highest BCUT2D eigenvalue weighted by Crippen LogP contribution is 2.35. The Balaban J connectivity index is 1.17. The second kappa shape index (κ2) is 10.4. The van der Waals surface area contributed by atoms with Gasteiger partial charge >= 0.3 is 0 Å². The largest absolute Gasteiger partial charge is 0.470 e. The maximum atomic E-state index is 6.27. The molecule has 182 valence electrons. The van der Waals surface area contributed by atoms with Gasteiger partial charge in [-0.15, -0.1) is 15.3 Å². The summed E-state index contributed by atoms with van der Waals surface area (Å²) in [4.78, 5) is 4.80. The number of rotatable bonds is 9. The molecule has 0 amide bonds. The minimum Gasteiger partial charge on any atom is -0.470 e. The summed E-state index contributed by atoms with van der Waals surface area (Å²) >= 11 is 0. The van der Waals surface area contributed by atoms with Crippen LogP contribution in [0.5, 0.6) is 5.88 Å². The second-order valence-corrected chi connectivity index (χ2v) is 9.45. The van der Waals surface area contributed by atoms with Crippen molar-refractivity contribution in [3.63, 3.8) is 0 Å². The van der Waals surface area contributed by atoms with E-state index in [1.165, 1.54) is 18.4 Å². The zero-order valence-corrected chi connectivity index (χ0v) is 20.3. The van der Waals surface area contributed by atoms with Crippen molar-refractivity contribution in [3.8, 4) is 5.88 Å². The number of fused-ring (bicyclic) bond motifs is 3. The highest BCUT2D eigenvalue weighted by atomic mass is 16.5. The van der Waals surface area contributed by atoms with Crippen LogP contribution in [0.2, 0.25) is 0 Å². The molecule has 6 rings (SSSR count). The van der Waals surface area contributed by atoms with Crippen LogP contribution in [-0.4, -0.2) is 31.3 Å². The lowest BCUT2D eigenvalue weighted by Crippen LogP contribution is -2.18. The van der Waals surface area contributed by atoms with Crippen LogP contribution in [0.4, 0.5) is 0 Å². The zero-order valence-electron chi connectivity index (χ0n) is 20.3. The highest BCUT2D eigenvalue weighted by Gasteiger charge is 2.24. The molecule has 1 aliphatic rings. The van der Waals surface area contributed by atoms with Crippen molar-refractivity contribution in [2.75, 3.05) is 6.54 Å². The van der Waals surface area contributed by atoms with Crippen LogP contribution in [0.15, 0.2) is 72.8 Å². The van der Waals surface area contributed by atoms with Gasteiger partial charge in [0.1, 0.15) is 6.61 Å². The number of benzene rings is 2. The van der Waals surface area contributed by atoms with Crippen molar-refractivity contribution in [2.24, 2.45) is 0 Å². The van der Waals surface area contributed by atoms with Gasteiger partial charge in [0.25, 0.3) is 0 Å². The highest BCUT2D eigenvalue weighted by molar-refractivity contribution is 5.96. The van der Waals surface area contributed by atoms with Gasteiger partial charge in [0.2, 0.25) is 5.88 Å². The van der Waals surface area contributed by atoms with Gasteiger partial charge in [0, 0.05) is 23.2 Å². The Bertz CT molecular complexity index is 1460. The Morgan fingerprint density at radius 3 is 2.47 bits per heavy atom. The van der Waals surface area contributed by atoms with Gasteiger partial charge in [-0.05, 0) is 49.6 Å². The zero-order chi connectivity index (χ0) is 24.2. The van der Waals surface area contributed by atoms with Gasteiger partial charge in [-0.3, -0.25) is 4.98 Å². The summed E-state index contributed by atoms with van der Waals surface area (Å²) in [5.41, 5.74) is 4.01. The molecule has 3 heterocycles. The number of hydrogen-bond acceptors (Lipinski definition) is 6. The average molecular weight is 479 g/mol. The fourth-order valence-electron chi connectivity index (χ4n) is 5.06. The molecule has 1 fully saturated rings. The normalized spacial score (nSPS) is 14.1. The van der Waals surface area contributed by atoms with Gasteiger partial charge in [-0.2, -0.15) is 4.52 Å². The SMILES string of the molecule is c1ccc(CCNCc2cccc(COc3nn4c(C5CCCC5)nnc4c4ccccc34)n2)cc1. The third kappa shape index (κ3) is 4.79. The van der Waals surface area contributed by atoms with E-state index in [0.29, 0.717) is 18.4 Å². The number of pyridine rings is 1. The lowest BCUT2D eigenvalue weighted by Gasteiger charge is -2.12. The molecule has 1 N–H and O–H groups in total. The van der Waals surface area contributed by atoms with Crippen molar-refractivity contribution < 1.29 is 4.74 Å². The first-order chi connectivity index (χ1) is 17.8. The quantitative estimate of drug-likeness (QED) is 0.292. The molecule has 0 bridgehead atoms. The molecule has 5 aromatic rings. The van der Waals surface area contributed by atoms with Gasteiger partial charge in [0.05, 0.1) is 11.4 Å². The van der Waals surface area contributed by atoms with E-state index in [2.05, 4.69) is 45.8 Å². The van der Waals surface area contributed by atoms with Crippen molar-refractivity contribution in [1.82, 2.24) is 30.1 Å². The Labute approximate surface area is 210 Å². The number of nitrogens with one attached hydrogen (secondary N) is 1. The topological polar surface area (TPSA) is 77.2 Å². The van der Waals surface area contributed by atoms with Crippen LogP contribution in [0, 0.1) is 0 Å². The first-order valence-electron chi connectivity index (χ1n) is 12.8. The minimum absolute atomic E-state index is 0.348. The Morgan fingerprint density at radius 1 is 0.833 bits per heavy atom. The third-order valence-electron chi connectivity index (χ3n) is 6.93. The Kier molecular flexibility index (Phi) is 6.54. The van der Waals surface area contributed by atoms with E-state index in [-0.39, 0.29) is 0 Å². The van der Waals surface area contributed by atoms with Gasteiger partial charge in [-0.25, -0.2) is 0 Å². The molecule has 2 aromatic carbocycles. The molecule has 0 unspecified atom stereocenters. The molecule has 1 aliphatic carbocycles. The van der Waals surface area contributed by atoms with Gasteiger partial charge in [-0.1, -0.05) is 67.4 Å². The van der Waals surface area contributed by atoms with E-state index >= 15 is 0 Å². The molecule has 0 spiro atoms.